The van der Waals surface area contributed by atoms with Gasteiger partial charge in [0.05, 0.1) is 0 Å². The predicted octanol–water partition coefficient (Wildman–Crippen LogP) is 0.0285. The monoisotopic (exact) mass is 213 g/mol. The Morgan fingerprint density at radius 1 is 1.33 bits per heavy atom. The molecule has 0 spiro atoms. The molecule has 82 valence electrons. The Hall–Kier alpha value is -1.59. The normalized spacial score (nSPS) is 34.3. The summed E-state index contributed by atoms with van der Waals surface area (Å²) in [5.74, 6) is -1.89. The number of amides is 1. The lowest BCUT2D eigenvalue weighted by atomic mass is 9.94. The zero-order chi connectivity index (χ0) is 11.2. The van der Waals surface area contributed by atoms with E-state index in [0.717, 1.165) is 4.90 Å². The number of fused-ring (bicyclic) bond motifs is 1. The number of carboxylic acid groups (broad SMARTS) is 2. The molecule has 1 amide bonds. The highest BCUT2D eigenvalue weighted by Gasteiger charge is 2.53. The van der Waals surface area contributed by atoms with Gasteiger partial charge in [0.2, 0.25) is 0 Å². The van der Waals surface area contributed by atoms with Crippen molar-refractivity contribution in [2.24, 2.45) is 11.8 Å². The summed E-state index contributed by atoms with van der Waals surface area (Å²) in [5.41, 5.74) is 0. The zero-order valence-electron chi connectivity index (χ0n) is 7.92. The van der Waals surface area contributed by atoms with E-state index in [9.17, 15) is 14.4 Å². The third kappa shape index (κ3) is 1.36. The van der Waals surface area contributed by atoms with Crippen LogP contribution in [0.1, 0.15) is 12.8 Å². The Morgan fingerprint density at radius 2 is 2.00 bits per heavy atom. The van der Waals surface area contributed by atoms with E-state index in [0.29, 0.717) is 12.8 Å². The summed E-state index contributed by atoms with van der Waals surface area (Å²) >= 11 is 0. The smallest absolute Gasteiger partial charge is 0.408 e. The van der Waals surface area contributed by atoms with Crippen LogP contribution in [0.15, 0.2) is 0 Å². The molecule has 0 aromatic carbocycles. The molecule has 0 unspecified atom stereocenters. The van der Waals surface area contributed by atoms with Crippen LogP contribution in [0.5, 0.6) is 0 Å². The van der Waals surface area contributed by atoms with Crippen molar-refractivity contribution >= 4 is 17.8 Å². The molecular weight excluding hydrogens is 202 g/mol. The van der Waals surface area contributed by atoms with Gasteiger partial charge < -0.3 is 10.2 Å². The van der Waals surface area contributed by atoms with Crippen molar-refractivity contribution in [1.29, 1.82) is 0 Å². The van der Waals surface area contributed by atoms with Crippen LogP contribution in [0, 0.1) is 11.8 Å². The van der Waals surface area contributed by atoms with Crippen LogP contribution in [0.3, 0.4) is 0 Å². The van der Waals surface area contributed by atoms with Crippen LogP contribution in [-0.4, -0.2) is 45.5 Å². The van der Waals surface area contributed by atoms with E-state index in [2.05, 4.69) is 0 Å². The number of hydrogen-bond donors (Lipinski definition) is 2. The fraction of sp³-hybridized carbons (Fsp3) is 0.667. The summed E-state index contributed by atoms with van der Waals surface area (Å²) in [6, 6.07) is -1.04. The maximum Gasteiger partial charge on any atom is 0.408 e. The minimum atomic E-state index is -1.26. The van der Waals surface area contributed by atoms with Crippen molar-refractivity contribution in [2.45, 2.75) is 18.9 Å². The number of carboxylic acids is 1. The van der Waals surface area contributed by atoms with Crippen molar-refractivity contribution in [3.05, 3.63) is 0 Å². The van der Waals surface area contributed by atoms with Gasteiger partial charge in [-0.1, -0.05) is 0 Å². The van der Waals surface area contributed by atoms with Crippen LogP contribution < -0.4 is 0 Å². The molecule has 1 aliphatic heterocycles. The van der Waals surface area contributed by atoms with Gasteiger partial charge >= 0.3 is 12.1 Å². The first-order chi connectivity index (χ1) is 7.02. The molecule has 0 radical (unpaired) electrons. The van der Waals surface area contributed by atoms with Crippen molar-refractivity contribution in [3.63, 3.8) is 0 Å². The van der Waals surface area contributed by atoms with Gasteiger partial charge in [-0.2, -0.15) is 0 Å². The average Bonchev–Trinajstić information content (AvgIpc) is 2.65. The molecule has 1 heterocycles. The first kappa shape index (κ1) is 9.95. The summed E-state index contributed by atoms with van der Waals surface area (Å²) in [5, 5.41) is 17.8. The Balaban J connectivity index is 2.28. The fourth-order valence-corrected chi connectivity index (χ4v) is 2.62. The van der Waals surface area contributed by atoms with E-state index in [-0.39, 0.29) is 18.2 Å². The van der Waals surface area contributed by atoms with Gasteiger partial charge in [-0.3, -0.25) is 9.69 Å². The minimum Gasteiger partial charge on any atom is -0.480 e. The fourth-order valence-electron chi connectivity index (χ4n) is 2.62. The maximum absolute atomic E-state index is 11.4. The summed E-state index contributed by atoms with van der Waals surface area (Å²) in [4.78, 5) is 34.0. The Bertz CT molecular complexity index is 339. The van der Waals surface area contributed by atoms with Crippen LogP contribution in [0.2, 0.25) is 0 Å². The van der Waals surface area contributed by atoms with E-state index in [1.807, 2.05) is 0 Å². The molecule has 6 nitrogen and oxygen atoms in total. The third-order valence-electron chi connectivity index (χ3n) is 3.29. The molecule has 2 rings (SSSR count). The van der Waals surface area contributed by atoms with Crippen LogP contribution in [0.25, 0.3) is 0 Å². The number of aliphatic carboxylic acids is 1. The van der Waals surface area contributed by atoms with Crippen molar-refractivity contribution < 1.29 is 24.6 Å². The van der Waals surface area contributed by atoms with Gasteiger partial charge in [-0.05, 0) is 6.42 Å². The number of likely N-dealkylation sites (tertiary alicyclic amines) is 1. The molecule has 1 saturated heterocycles. The molecule has 15 heavy (non-hydrogen) atoms. The molecule has 2 aliphatic rings. The minimum absolute atomic E-state index is 0.00463. The average molecular weight is 213 g/mol. The molecule has 6 heteroatoms. The lowest BCUT2D eigenvalue weighted by Crippen LogP contribution is -2.42. The number of hydrogen-bond acceptors (Lipinski definition) is 3. The largest absolute Gasteiger partial charge is 0.480 e. The molecule has 0 aromatic heterocycles. The number of rotatable bonds is 1. The summed E-state index contributed by atoms with van der Waals surface area (Å²) in [6.45, 7) is 0.0375. The summed E-state index contributed by atoms with van der Waals surface area (Å²) in [6.07, 6.45) is -0.388. The quantitative estimate of drug-likeness (QED) is 0.640. The SMILES string of the molecule is O=C1CC[C@H]2[C@@H]1CN(C(=O)O)[C@@H]2C(=O)O. The maximum atomic E-state index is 11.4. The van der Waals surface area contributed by atoms with Gasteiger partial charge in [0.15, 0.2) is 0 Å². The van der Waals surface area contributed by atoms with Crippen LogP contribution in [-0.2, 0) is 9.59 Å². The number of carbonyl (C=O) groups is 3. The topological polar surface area (TPSA) is 94.9 Å². The lowest BCUT2D eigenvalue weighted by molar-refractivity contribution is -0.142. The van der Waals surface area contributed by atoms with E-state index >= 15 is 0 Å². The predicted molar refractivity (Wildman–Crippen MR) is 47.4 cm³/mol. The first-order valence-electron chi connectivity index (χ1n) is 4.77. The van der Waals surface area contributed by atoms with Gasteiger partial charge in [0.1, 0.15) is 11.8 Å². The van der Waals surface area contributed by atoms with Gasteiger partial charge in [0, 0.05) is 24.8 Å². The molecule has 0 bridgehead atoms. The van der Waals surface area contributed by atoms with Gasteiger partial charge in [-0.25, -0.2) is 9.59 Å². The Labute approximate surface area is 85.5 Å². The Morgan fingerprint density at radius 3 is 2.53 bits per heavy atom. The number of carbonyl (C=O) groups excluding carboxylic acids is 1. The van der Waals surface area contributed by atoms with Gasteiger partial charge in [0.25, 0.3) is 0 Å². The van der Waals surface area contributed by atoms with Crippen LogP contribution in [0.4, 0.5) is 4.79 Å². The van der Waals surface area contributed by atoms with E-state index < -0.39 is 24.0 Å². The molecule has 2 fully saturated rings. The van der Waals surface area contributed by atoms with Crippen molar-refractivity contribution in [1.82, 2.24) is 4.90 Å². The van der Waals surface area contributed by atoms with E-state index in [1.165, 1.54) is 0 Å². The second kappa shape index (κ2) is 3.22. The first-order valence-corrected chi connectivity index (χ1v) is 4.77. The second-order valence-corrected chi connectivity index (χ2v) is 3.99. The Kier molecular flexibility index (Phi) is 2.13. The van der Waals surface area contributed by atoms with Crippen molar-refractivity contribution in [3.8, 4) is 0 Å². The number of Topliss-reactive ketones (excluding diaryl/α,β-unsaturated/α-hetero) is 1. The third-order valence-corrected chi connectivity index (χ3v) is 3.29. The summed E-state index contributed by atoms with van der Waals surface area (Å²) in [7, 11) is 0. The number of nitrogens with zero attached hydrogens (tertiary/aromatic N) is 1. The molecule has 3 atom stereocenters. The van der Waals surface area contributed by atoms with Gasteiger partial charge in [-0.15, -0.1) is 0 Å². The number of ketones is 1. The molecule has 1 aliphatic carbocycles. The standard InChI is InChI=1S/C9H11NO5/c11-6-2-1-4-5(6)3-10(9(14)15)7(4)8(12)13/h4-5,7H,1-3H2,(H,12,13)(H,14,15)/t4-,5-,7-/m0/s1. The van der Waals surface area contributed by atoms with Crippen molar-refractivity contribution in [2.75, 3.05) is 6.54 Å². The molecular formula is C9H11NO5. The highest BCUT2D eigenvalue weighted by molar-refractivity contribution is 5.89. The van der Waals surface area contributed by atoms with E-state index in [4.69, 9.17) is 10.2 Å². The molecule has 2 N–H and O–H groups in total. The van der Waals surface area contributed by atoms with E-state index in [1.54, 1.807) is 0 Å². The summed E-state index contributed by atoms with van der Waals surface area (Å²) < 4.78 is 0. The zero-order valence-corrected chi connectivity index (χ0v) is 7.92. The second-order valence-electron chi connectivity index (χ2n) is 3.99. The highest BCUT2D eigenvalue weighted by atomic mass is 16.4. The molecule has 1 saturated carbocycles. The van der Waals surface area contributed by atoms with Crippen LogP contribution >= 0.6 is 0 Å². The lowest BCUT2D eigenvalue weighted by Gasteiger charge is -2.20. The molecule has 0 aromatic rings. The highest BCUT2D eigenvalue weighted by Crippen LogP contribution is 2.40.